The Balaban J connectivity index is 2.62. The van der Waals surface area contributed by atoms with Crippen molar-refractivity contribution in [1.29, 1.82) is 0 Å². The topological polar surface area (TPSA) is 65.0 Å². The molecule has 0 aliphatic heterocycles. The minimum Gasteiger partial charge on any atom is -0.461 e. The van der Waals surface area contributed by atoms with E-state index in [1.54, 1.807) is 6.92 Å². The standard InChI is InChI=1S/C9H8ClN3O2S/c1-3-15-8(14)5-6-7(11-4(2)16-6)13-9(10)12-5/h3H2,1-2H3. The maximum absolute atomic E-state index is 11.6. The predicted molar refractivity (Wildman–Crippen MR) is 60.9 cm³/mol. The summed E-state index contributed by atoms with van der Waals surface area (Å²) in [6, 6.07) is 0. The van der Waals surface area contributed by atoms with Crippen LogP contribution < -0.4 is 0 Å². The molecule has 16 heavy (non-hydrogen) atoms. The Labute approximate surface area is 100 Å². The number of hydrogen-bond donors (Lipinski definition) is 0. The van der Waals surface area contributed by atoms with Gasteiger partial charge in [-0.05, 0) is 25.4 Å². The van der Waals surface area contributed by atoms with Crippen LogP contribution in [0.25, 0.3) is 10.3 Å². The van der Waals surface area contributed by atoms with Crippen molar-refractivity contribution in [3.63, 3.8) is 0 Å². The van der Waals surface area contributed by atoms with Crippen molar-refractivity contribution in [2.24, 2.45) is 0 Å². The summed E-state index contributed by atoms with van der Waals surface area (Å²) in [6.07, 6.45) is 0. The van der Waals surface area contributed by atoms with E-state index in [1.807, 2.05) is 6.92 Å². The van der Waals surface area contributed by atoms with E-state index in [-0.39, 0.29) is 11.0 Å². The highest BCUT2D eigenvalue weighted by molar-refractivity contribution is 7.18. The van der Waals surface area contributed by atoms with E-state index in [0.29, 0.717) is 17.0 Å². The molecule has 2 heterocycles. The van der Waals surface area contributed by atoms with Crippen molar-refractivity contribution in [2.45, 2.75) is 13.8 Å². The predicted octanol–water partition coefficient (Wildman–Crippen LogP) is 2.22. The molecule has 0 fully saturated rings. The van der Waals surface area contributed by atoms with Crippen LogP contribution in [0.2, 0.25) is 5.28 Å². The molecule has 2 aromatic heterocycles. The van der Waals surface area contributed by atoms with Crippen LogP contribution in [0, 0.1) is 6.92 Å². The average molecular weight is 258 g/mol. The molecule has 84 valence electrons. The smallest absolute Gasteiger partial charge is 0.358 e. The number of nitrogens with zero attached hydrogens (tertiary/aromatic N) is 3. The van der Waals surface area contributed by atoms with Crippen molar-refractivity contribution in [1.82, 2.24) is 15.0 Å². The quantitative estimate of drug-likeness (QED) is 0.610. The zero-order chi connectivity index (χ0) is 11.7. The third-order valence-electron chi connectivity index (χ3n) is 1.80. The molecule has 2 aromatic rings. The van der Waals surface area contributed by atoms with Gasteiger partial charge in [0.2, 0.25) is 5.28 Å². The number of hydrogen-bond acceptors (Lipinski definition) is 6. The molecular weight excluding hydrogens is 250 g/mol. The average Bonchev–Trinajstić information content (AvgIpc) is 2.57. The van der Waals surface area contributed by atoms with Gasteiger partial charge in [0.25, 0.3) is 0 Å². The molecule has 5 nitrogen and oxygen atoms in total. The summed E-state index contributed by atoms with van der Waals surface area (Å²) in [4.78, 5) is 23.6. The molecule has 0 atom stereocenters. The highest BCUT2D eigenvalue weighted by Crippen LogP contribution is 2.24. The van der Waals surface area contributed by atoms with Gasteiger partial charge in [-0.1, -0.05) is 0 Å². The lowest BCUT2D eigenvalue weighted by Crippen LogP contribution is -2.08. The largest absolute Gasteiger partial charge is 0.461 e. The van der Waals surface area contributed by atoms with Crippen LogP contribution in [0.5, 0.6) is 0 Å². The number of fused-ring (bicyclic) bond motifs is 1. The number of rotatable bonds is 2. The number of carbonyl (C=O) groups is 1. The van der Waals surface area contributed by atoms with Crippen LogP contribution in [0.1, 0.15) is 22.4 Å². The van der Waals surface area contributed by atoms with Gasteiger partial charge in [0.1, 0.15) is 4.70 Å². The molecule has 0 aliphatic rings. The first-order valence-electron chi connectivity index (χ1n) is 4.59. The monoisotopic (exact) mass is 257 g/mol. The first-order chi connectivity index (χ1) is 7.61. The van der Waals surface area contributed by atoms with Crippen LogP contribution in [0.15, 0.2) is 0 Å². The summed E-state index contributed by atoms with van der Waals surface area (Å²) in [5, 5.41) is 0.804. The molecule has 0 amide bonds. The first-order valence-corrected chi connectivity index (χ1v) is 5.79. The van der Waals surface area contributed by atoms with Crippen molar-refractivity contribution < 1.29 is 9.53 Å². The molecule has 2 rings (SSSR count). The summed E-state index contributed by atoms with van der Waals surface area (Å²) in [5.74, 6) is -0.500. The molecule has 0 N–H and O–H groups in total. The van der Waals surface area contributed by atoms with Gasteiger partial charge in [-0.25, -0.2) is 14.8 Å². The minimum absolute atomic E-state index is 0.000790. The van der Waals surface area contributed by atoms with Gasteiger partial charge in [-0.2, -0.15) is 4.98 Å². The van der Waals surface area contributed by atoms with E-state index in [4.69, 9.17) is 16.3 Å². The van der Waals surface area contributed by atoms with Gasteiger partial charge in [0, 0.05) is 0 Å². The fourth-order valence-corrected chi connectivity index (χ4v) is 2.24. The number of ether oxygens (including phenoxy) is 1. The third kappa shape index (κ3) is 1.98. The summed E-state index contributed by atoms with van der Waals surface area (Å²) < 4.78 is 5.50. The van der Waals surface area contributed by atoms with Crippen LogP contribution in [-0.4, -0.2) is 27.5 Å². The molecule has 0 radical (unpaired) electrons. The normalized spacial score (nSPS) is 10.7. The molecule has 7 heteroatoms. The Hall–Kier alpha value is -1.27. The zero-order valence-electron chi connectivity index (χ0n) is 8.65. The third-order valence-corrected chi connectivity index (χ3v) is 2.94. The van der Waals surface area contributed by atoms with Crippen LogP contribution in [0.3, 0.4) is 0 Å². The van der Waals surface area contributed by atoms with E-state index >= 15 is 0 Å². The van der Waals surface area contributed by atoms with Crippen LogP contribution >= 0.6 is 22.9 Å². The highest BCUT2D eigenvalue weighted by atomic mass is 35.5. The van der Waals surface area contributed by atoms with Gasteiger partial charge in [-0.3, -0.25) is 0 Å². The second kappa shape index (κ2) is 4.31. The molecular formula is C9H8ClN3O2S. The molecule has 0 unspecified atom stereocenters. The number of carbonyl (C=O) groups excluding carboxylic acids is 1. The number of aromatic nitrogens is 3. The Morgan fingerprint density at radius 2 is 2.19 bits per heavy atom. The summed E-state index contributed by atoms with van der Waals surface area (Å²) >= 11 is 7.06. The maximum Gasteiger partial charge on any atom is 0.358 e. The number of thiazole rings is 1. The van der Waals surface area contributed by atoms with E-state index in [9.17, 15) is 4.79 Å². The van der Waals surface area contributed by atoms with E-state index in [0.717, 1.165) is 5.01 Å². The van der Waals surface area contributed by atoms with Crippen molar-refractivity contribution in [3.8, 4) is 0 Å². The van der Waals surface area contributed by atoms with Crippen molar-refractivity contribution >= 4 is 39.3 Å². The molecule has 0 aromatic carbocycles. The van der Waals surface area contributed by atoms with Gasteiger partial charge in [0.15, 0.2) is 11.3 Å². The van der Waals surface area contributed by atoms with E-state index in [2.05, 4.69) is 15.0 Å². The minimum atomic E-state index is -0.500. The molecule has 0 saturated carbocycles. The van der Waals surface area contributed by atoms with E-state index in [1.165, 1.54) is 11.3 Å². The number of aryl methyl sites for hydroxylation is 1. The van der Waals surface area contributed by atoms with Crippen molar-refractivity contribution in [2.75, 3.05) is 6.61 Å². The van der Waals surface area contributed by atoms with Crippen LogP contribution in [-0.2, 0) is 4.74 Å². The zero-order valence-corrected chi connectivity index (χ0v) is 10.2. The summed E-state index contributed by atoms with van der Waals surface area (Å²) in [5.41, 5.74) is 0.619. The summed E-state index contributed by atoms with van der Waals surface area (Å²) in [7, 11) is 0. The van der Waals surface area contributed by atoms with Gasteiger partial charge >= 0.3 is 5.97 Å². The second-order valence-corrected chi connectivity index (χ2v) is 4.49. The number of esters is 1. The van der Waals surface area contributed by atoms with Gasteiger partial charge < -0.3 is 4.74 Å². The Morgan fingerprint density at radius 1 is 1.44 bits per heavy atom. The van der Waals surface area contributed by atoms with E-state index < -0.39 is 5.97 Å². The Bertz CT molecular complexity index is 555. The maximum atomic E-state index is 11.6. The van der Waals surface area contributed by atoms with Gasteiger partial charge in [0.05, 0.1) is 11.6 Å². The highest BCUT2D eigenvalue weighted by Gasteiger charge is 2.18. The Kier molecular flexibility index (Phi) is 3.02. The van der Waals surface area contributed by atoms with Gasteiger partial charge in [-0.15, -0.1) is 11.3 Å². The van der Waals surface area contributed by atoms with Crippen molar-refractivity contribution in [3.05, 3.63) is 16.0 Å². The summed E-state index contributed by atoms with van der Waals surface area (Å²) in [6.45, 7) is 3.85. The lowest BCUT2D eigenvalue weighted by atomic mass is 10.4. The molecule has 0 aliphatic carbocycles. The lowest BCUT2D eigenvalue weighted by Gasteiger charge is -2.01. The SMILES string of the molecule is CCOC(=O)c1nc(Cl)nc2nc(C)sc12. The first kappa shape index (κ1) is 11.2. The second-order valence-electron chi connectivity index (χ2n) is 2.95. The fourth-order valence-electron chi connectivity index (χ4n) is 1.24. The fraction of sp³-hybridized carbons (Fsp3) is 0.333. The molecule has 0 bridgehead atoms. The Morgan fingerprint density at radius 3 is 2.88 bits per heavy atom. The molecule has 0 spiro atoms. The van der Waals surface area contributed by atoms with Crippen LogP contribution in [0.4, 0.5) is 0 Å². The molecule has 0 saturated heterocycles. The lowest BCUT2D eigenvalue weighted by molar-refractivity contribution is 0.0522. The number of halogens is 1.